The van der Waals surface area contributed by atoms with Gasteiger partial charge in [-0.15, -0.1) is 18.8 Å². The van der Waals surface area contributed by atoms with Crippen LogP contribution in [-0.2, 0) is 12.8 Å². The van der Waals surface area contributed by atoms with Gasteiger partial charge in [0.25, 0.3) is 0 Å². The predicted octanol–water partition coefficient (Wildman–Crippen LogP) is 5.94. The molecule has 0 radical (unpaired) electrons. The number of rotatable bonds is 12. The second kappa shape index (κ2) is 17.9. The summed E-state index contributed by atoms with van der Waals surface area (Å²) in [5.41, 5.74) is 15.8. The van der Waals surface area contributed by atoms with Crippen LogP contribution >= 0.6 is 31.9 Å². The molecular formula is C31H32Br2N10O2. The van der Waals surface area contributed by atoms with Crippen LogP contribution in [0.1, 0.15) is 24.1 Å². The predicted molar refractivity (Wildman–Crippen MR) is 187 cm³/mol. The molecule has 0 atom stereocenters. The third kappa shape index (κ3) is 11.9. The third-order valence-corrected chi connectivity index (χ3v) is 7.31. The van der Waals surface area contributed by atoms with Gasteiger partial charge in [0.1, 0.15) is 11.6 Å². The molecule has 0 saturated heterocycles. The summed E-state index contributed by atoms with van der Waals surface area (Å²) in [7, 11) is 0. The highest BCUT2D eigenvalue weighted by Crippen LogP contribution is 2.25. The van der Waals surface area contributed by atoms with Crippen LogP contribution in [-0.4, -0.2) is 44.2 Å². The maximum Gasteiger partial charge on any atom is 0.404 e. The molecule has 0 aliphatic heterocycles. The normalized spacial score (nSPS) is 9.96. The SMILES string of the molecule is C#CCNc1nc(Nc2ccc(N)cc2)ncc1Br.C#CCc1nc(Nc2ccc(CCCCNC(=O)O)cc2)nc(N)c1Br. The zero-order valence-electron chi connectivity index (χ0n) is 24.1. The Morgan fingerprint density at radius 2 is 1.56 bits per heavy atom. The van der Waals surface area contributed by atoms with Crippen molar-refractivity contribution >= 4 is 78.5 Å². The first-order valence-electron chi connectivity index (χ1n) is 13.6. The van der Waals surface area contributed by atoms with Crippen molar-refractivity contribution in [3.63, 3.8) is 0 Å². The third-order valence-electron chi connectivity index (χ3n) is 5.86. The highest BCUT2D eigenvalue weighted by Gasteiger charge is 2.10. The molecular weight excluding hydrogens is 704 g/mol. The van der Waals surface area contributed by atoms with Gasteiger partial charge in [-0.2, -0.15) is 9.97 Å². The average Bonchev–Trinajstić information content (AvgIpc) is 3.02. The molecule has 0 aliphatic rings. The Labute approximate surface area is 278 Å². The van der Waals surface area contributed by atoms with Crippen LogP contribution in [0.5, 0.6) is 0 Å². The summed E-state index contributed by atoms with van der Waals surface area (Å²) in [4.78, 5) is 27.4. The molecule has 0 unspecified atom stereocenters. The summed E-state index contributed by atoms with van der Waals surface area (Å²) in [6.07, 6.45) is 14.2. The maximum atomic E-state index is 10.4. The largest absolute Gasteiger partial charge is 0.465 e. The summed E-state index contributed by atoms with van der Waals surface area (Å²) in [5.74, 6) is 6.89. The van der Waals surface area contributed by atoms with Crippen molar-refractivity contribution in [2.75, 3.05) is 40.5 Å². The molecule has 0 spiro atoms. The molecule has 0 bridgehead atoms. The number of benzene rings is 2. The summed E-state index contributed by atoms with van der Waals surface area (Å²) in [6.45, 7) is 0.869. The Morgan fingerprint density at radius 1 is 0.889 bits per heavy atom. The second-order valence-corrected chi connectivity index (χ2v) is 10.9. The Kier molecular flexibility index (Phi) is 13.7. The van der Waals surface area contributed by atoms with Gasteiger partial charge in [0.2, 0.25) is 11.9 Å². The van der Waals surface area contributed by atoms with Crippen molar-refractivity contribution in [3.8, 4) is 24.7 Å². The zero-order chi connectivity index (χ0) is 32.6. The number of aromatic nitrogens is 4. The number of anilines is 7. The Balaban J connectivity index is 0.000000257. The number of halogens is 2. The van der Waals surface area contributed by atoms with E-state index in [9.17, 15) is 4.79 Å². The van der Waals surface area contributed by atoms with Crippen LogP contribution < -0.4 is 32.7 Å². The van der Waals surface area contributed by atoms with E-state index in [1.54, 1.807) is 18.3 Å². The van der Waals surface area contributed by atoms with Crippen molar-refractivity contribution in [3.05, 3.63) is 74.9 Å². The number of nitrogen functional groups attached to an aromatic ring is 2. The highest BCUT2D eigenvalue weighted by atomic mass is 79.9. The lowest BCUT2D eigenvalue weighted by molar-refractivity contribution is 0.194. The van der Waals surface area contributed by atoms with Gasteiger partial charge in [-0.3, -0.25) is 0 Å². The summed E-state index contributed by atoms with van der Waals surface area (Å²) in [5, 5.41) is 20.1. The van der Waals surface area contributed by atoms with Gasteiger partial charge in [0.05, 0.1) is 27.6 Å². The lowest BCUT2D eigenvalue weighted by atomic mass is 10.1. The molecule has 14 heteroatoms. The smallest absolute Gasteiger partial charge is 0.404 e. The molecule has 0 fully saturated rings. The molecule has 0 aliphatic carbocycles. The van der Waals surface area contributed by atoms with Crippen molar-refractivity contribution in [1.29, 1.82) is 0 Å². The van der Waals surface area contributed by atoms with E-state index in [1.807, 2.05) is 36.4 Å². The molecule has 12 nitrogen and oxygen atoms in total. The fourth-order valence-corrected chi connectivity index (χ4v) is 4.35. The minimum atomic E-state index is -0.985. The maximum absolute atomic E-state index is 10.4. The lowest BCUT2D eigenvalue weighted by Crippen LogP contribution is -2.21. The van der Waals surface area contributed by atoms with Gasteiger partial charge in [-0.05, 0) is 93.1 Å². The van der Waals surface area contributed by atoms with E-state index in [4.69, 9.17) is 29.4 Å². The molecule has 2 heterocycles. The zero-order valence-corrected chi connectivity index (χ0v) is 27.3. The van der Waals surface area contributed by atoms with Crippen molar-refractivity contribution < 1.29 is 9.90 Å². The number of nitrogens with two attached hydrogens (primary N) is 2. The number of carbonyl (C=O) groups is 1. The fourth-order valence-electron chi connectivity index (χ4n) is 3.70. The Hall–Kier alpha value is -5.05. The van der Waals surface area contributed by atoms with Gasteiger partial charge in [0, 0.05) is 29.8 Å². The average molecular weight is 736 g/mol. The number of aryl methyl sites for hydroxylation is 1. The summed E-state index contributed by atoms with van der Waals surface area (Å²) >= 11 is 6.70. The topological polar surface area (TPSA) is 189 Å². The van der Waals surface area contributed by atoms with Crippen molar-refractivity contribution in [2.45, 2.75) is 25.7 Å². The molecule has 45 heavy (non-hydrogen) atoms. The number of hydrogen-bond donors (Lipinski definition) is 7. The standard InChI is InChI=1S/C18H20BrN5O2.C13H12BrN5/c1-2-5-14-15(19)16(20)24-17(23-14)22-13-9-7-12(8-10-13)6-3-4-11-21-18(25)26;1-2-7-16-12-11(14)8-17-13(19-12)18-10-5-3-9(15)4-6-10/h1,7-10,21H,3-6,11H2,(H,25,26)(H3,20,22,23,24);1,3-6,8H,7,15H2,(H2,16,17,18,19). The number of nitrogens with one attached hydrogen (secondary N) is 4. The van der Waals surface area contributed by atoms with E-state index in [0.717, 1.165) is 35.1 Å². The van der Waals surface area contributed by atoms with Gasteiger partial charge in [-0.25, -0.2) is 14.8 Å². The van der Waals surface area contributed by atoms with E-state index in [0.29, 0.717) is 58.9 Å². The van der Waals surface area contributed by atoms with Gasteiger partial charge in [-0.1, -0.05) is 18.1 Å². The number of unbranched alkanes of at least 4 members (excludes halogenated alkanes) is 1. The minimum Gasteiger partial charge on any atom is -0.465 e. The number of carboxylic acid groups (broad SMARTS) is 1. The first-order chi connectivity index (χ1) is 21.7. The quantitative estimate of drug-likeness (QED) is 0.0518. The number of amides is 1. The van der Waals surface area contributed by atoms with E-state index < -0.39 is 6.09 Å². The van der Waals surface area contributed by atoms with Crippen LogP contribution in [0.15, 0.2) is 63.7 Å². The summed E-state index contributed by atoms with van der Waals surface area (Å²) in [6, 6.07) is 15.2. The summed E-state index contributed by atoms with van der Waals surface area (Å²) < 4.78 is 1.37. The molecule has 0 saturated carbocycles. The number of terminal acetylenes is 2. The molecule has 2 aromatic heterocycles. The molecule has 4 aromatic rings. The molecule has 9 N–H and O–H groups in total. The van der Waals surface area contributed by atoms with E-state index in [-0.39, 0.29) is 0 Å². The highest BCUT2D eigenvalue weighted by molar-refractivity contribution is 9.11. The van der Waals surface area contributed by atoms with Crippen LogP contribution in [0.2, 0.25) is 0 Å². The molecule has 1 amide bonds. The van der Waals surface area contributed by atoms with E-state index >= 15 is 0 Å². The van der Waals surface area contributed by atoms with Gasteiger partial charge >= 0.3 is 6.09 Å². The van der Waals surface area contributed by atoms with Crippen LogP contribution in [0.4, 0.5) is 45.4 Å². The van der Waals surface area contributed by atoms with E-state index in [2.05, 4.69) is 84.9 Å². The van der Waals surface area contributed by atoms with Crippen molar-refractivity contribution in [1.82, 2.24) is 25.3 Å². The molecule has 232 valence electrons. The first kappa shape index (κ1) is 34.4. The fraction of sp³-hybridized carbons (Fsp3) is 0.194. The lowest BCUT2D eigenvalue weighted by Gasteiger charge is -2.10. The van der Waals surface area contributed by atoms with E-state index in [1.165, 1.54) is 5.56 Å². The van der Waals surface area contributed by atoms with Crippen molar-refractivity contribution in [2.24, 2.45) is 0 Å². The van der Waals surface area contributed by atoms with Gasteiger partial charge < -0.3 is 37.8 Å². The van der Waals surface area contributed by atoms with Crippen LogP contribution in [0.25, 0.3) is 0 Å². The number of hydrogen-bond acceptors (Lipinski definition) is 10. The van der Waals surface area contributed by atoms with Crippen LogP contribution in [0, 0.1) is 24.7 Å². The molecule has 2 aromatic carbocycles. The second-order valence-electron chi connectivity index (χ2n) is 9.28. The Morgan fingerprint density at radius 3 is 2.20 bits per heavy atom. The monoisotopic (exact) mass is 734 g/mol. The molecule has 4 rings (SSSR count). The number of nitrogens with zero attached hydrogens (tertiary/aromatic N) is 4. The van der Waals surface area contributed by atoms with Crippen LogP contribution in [0.3, 0.4) is 0 Å². The Bertz CT molecular complexity index is 1650. The minimum absolute atomic E-state index is 0.333. The first-order valence-corrected chi connectivity index (χ1v) is 15.2. The van der Waals surface area contributed by atoms with Gasteiger partial charge in [0.15, 0.2) is 0 Å².